The van der Waals surface area contributed by atoms with Crippen LogP contribution in [0.5, 0.6) is 0 Å². The predicted molar refractivity (Wildman–Crippen MR) is 81.1 cm³/mol. The molecule has 1 N–H and O–H groups in total. The normalized spacial score (nSPS) is 14.0. The third-order valence-electron chi connectivity index (χ3n) is 3.69. The minimum Gasteiger partial charge on any atom is -0.395 e. The Morgan fingerprint density at radius 2 is 1.83 bits per heavy atom. The first-order valence-corrected chi connectivity index (χ1v) is 7.25. The summed E-state index contributed by atoms with van der Waals surface area (Å²) in [7, 11) is 0. The summed E-state index contributed by atoms with van der Waals surface area (Å²) in [5.74, 6) is -3.32. The zero-order valence-corrected chi connectivity index (χ0v) is 12.4. The van der Waals surface area contributed by atoms with Gasteiger partial charge in [0.2, 0.25) is 0 Å². The summed E-state index contributed by atoms with van der Waals surface area (Å²) in [6.45, 7) is 1.16. The van der Waals surface area contributed by atoms with Crippen LogP contribution >= 0.6 is 0 Å². The topological polar surface area (TPSA) is 88.6 Å². The number of carbonyl (C=O) groups is 1. The second-order valence-electron chi connectivity index (χ2n) is 5.33. The van der Waals surface area contributed by atoms with E-state index < -0.39 is 28.3 Å². The van der Waals surface area contributed by atoms with Crippen molar-refractivity contribution in [3.05, 3.63) is 51.8 Å². The van der Waals surface area contributed by atoms with Crippen molar-refractivity contribution in [3.63, 3.8) is 0 Å². The number of nitro groups is 1. The van der Waals surface area contributed by atoms with Crippen LogP contribution in [0, 0.1) is 21.7 Å². The average molecular weight is 337 g/mol. The summed E-state index contributed by atoms with van der Waals surface area (Å²) < 4.78 is 33.1. The number of halogens is 2. The molecule has 0 spiro atoms. The van der Waals surface area contributed by atoms with Gasteiger partial charge >= 0.3 is 5.88 Å². The molecule has 1 amide bonds. The lowest BCUT2D eigenvalue weighted by Gasteiger charge is -2.19. The Morgan fingerprint density at radius 3 is 2.38 bits per heavy atom. The molecule has 126 valence electrons. The second kappa shape index (κ2) is 6.26. The molecule has 0 atom stereocenters. The van der Waals surface area contributed by atoms with Crippen molar-refractivity contribution in [2.24, 2.45) is 0 Å². The highest BCUT2D eigenvalue weighted by Crippen LogP contribution is 2.30. The van der Waals surface area contributed by atoms with E-state index in [0.29, 0.717) is 13.1 Å². The van der Waals surface area contributed by atoms with Gasteiger partial charge in [-0.3, -0.25) is 14.9 Å². The second-order valence-corrected chi connectivity index (χ2v) is 5.33. The smallest absolute Gasteiger partial charge is 0.395 e. The van der Waals surface area contributed by atoms with E-state index in [0.717, 1.165) is 37.1 Å². The lowest BCUT2D eigenvalue weighted by molar-refractivity contribution is -0.402. The first-order valence-electron chi connectivity index (χ1n) is 7.25. The van der Waals surface area contributed by atoms with E-state index in [4.69, 9.17) is 4.42 Å². The van der Waals surface area contributed by atoms with E-state index >= 15 is 0 Å². The number of benzene rings is 1. The standard InChI is InChI=1S/C15H13F2N3O4/c16-10-7-9(8-11(17)14(10)19-5-1-2-6-19)18-15(21)12-3-4-13(24-12)20(22)23/h3-4,7-8H,1-2,5-6H2,(H,18,21). The molecule has 24 heavy (non-hydrogen) atoms. The van der Waals surface area contributed by atoms with Crippen molar-refractivity contribution in [1.82, 2.24) is 0 Å². The number of amides is 1. The van der Waals surface area contributed by atoms with Crippen molar-refractivity contribution >= 4 is 23.2 Å². The van der Waals surface area contributed by atoms with Crippen LogP contribution in [0.4, 0.5) is 26.0 Å². The number of anilines is 2. The number of furan rings is 1. The van der Waals surface area contributed by atoms with Gasteiger partial charge in [-0.2, -0.15) is 0 Å². The molecule has 1 aliphatic heterocycles. The molecule has 0 saturated carbocycles. The van der Waals surface area contributed by atoms with Gasteiger partial charge in [0.15, 0.2) is 17.4 Å². The molecule has 0 radical (unpaired) electrons. The summed E-state index contributed by atoms with van der Waals surface area (Å²) in [6.07, 6.45) is 1.74. The number of nitrogens with one attached hydrogen (secondary N) is 1. The maximum absolute atomic E-state index is 14.2. The summed E-state index contributed by atoms with van der Waals surface area (Å²) >= 11 is 0. The number of rotatable bonds is 4. The summed E-state index contributed by atoms with van der Waals surface area (Å²) in [4.78, 5) is 23.3. The Kier molecular flexibility index (Phi) is 4.15. The van der Waals surface area contributed by atoms with Crippen LogP contribution in [0.1, 0.15) is 23.4 Å². The van der Waals surface area contributed by atoms with Gasteiger partial charge in [0.05, 0.1) is 6.07 Å². The highest BCUT2D eigenvalue weighted by atomic mass is 19.1. The molecule has 1 aliphatic rings. The van der Waals surface area contributed by atoms with Gasteiger partial charge in [-0.15, -0.1) is 0 Å². The zero-order valence-electron chi connectivity index (χ0n) is 12.4. The summed E-state index contributed by atoms with van der Waals surface area (Å²) in [5, 5.41) is 12.8. The molecule has 0 aliphatic carbocycles. The molecule has 1 aromatic carbocycles. The van der Waals surface area contributed by atoms with Gasteiger partial charge < -0.3 is 14.6 Å². The van der Waals surface area contributed by atoms with Crippen molar-refractivity contribution in [3.8, 4) is 0 Å². The van der Waals surface area contributed by atoms with E-state index in [-0.39, 0.29) is 17.1 Å². The van der Waals surface area contributed by atoms with Gasteiger partial charge in [0.25, 0.3) is 5.91 Å². The molecule has 1 fully saturated rings. The van der Waals surface area contributed by atoms with Crippen molar-refractivity contribution in [1.29, 1.82) is 0 Å². The van der Waals surface area contributed by atoms with Gasteiger partial charge in [-0.05, 0) is 31.0 Å². The Morgan fingerprint density at radius 1 is 1.21 bits per heavy atom. The van der Waals surface area contributed by atoms with E-state index in [9.17, 15) is 23.7 Å². The molecule has 7 nitrogen and oxygen atoms in total. The largest absolute Gasteiger partial charge is 0.433 e. The molecule has 9 heteroatoms. The lowest BCUT2D eigenvalue weighted by atomic mass is 10.2. The van der Waals surface area contributed by atoms with Crippen LogP contribution in [0.15, 0.2) is 28.7 Å². The Bertz CT molecular complexity index is 777. The van der Waals surface area contributed by atoms with Gasteiger partial charge in [-0.1, -0.05) is 0 Å². The number of carbonyl (C=O) groups excluding carboxylic acids is 1. The minimum absolute atomic E-state index is 0.100. The SMILES string of the molecule is O=C(Nc1cc(F)c(N2CCCC2)c(F)c1)c1ccc([N+](=O)[O-])o1. The number of nitrogens with zero attached hydrogens (tertiary/aromatic N) is 2. The fourth-order valence-corrected chi connectivity index (χ4v) is 2.62. The summed E-state index contributed by atoms with van der Waals surface area (Å²) in [5.41, 5.74) is -0.212. The molecule has 0 bridgehead atoms. The summed E-state index contributed by atoms with van der Waals surface area (Å²) in [6, 6.07) is 4.14. The van der Waals surface area contributed by atoms with E-state index in [1.54, 1.807) is 4.90 Å². The molecule has 1 saturated heterocycles. The zero-order chi connectivity index (χ0) is 17.3. The van der Waals surface area contributed by atoms with Gasteiger partial charge in [0.1, 0.15) is 10.6 Å². The minimum atomic E-state index is -0.837. The Hall–Kier alpha value is -2.97. The van der Waals surface area contributed by atoms with Gasteiger partial charge in [-0.25, -0.2) is 8.78 Å². The van der Waals surface area contributed by atoms with Crippen molar-refractivity contribution in [2.45, 2.75) is 12.8 Å². The van der Waals surface area contributed by atoms with Gasteiger partial charge in [0, 0.05) is 18.8 Å². The first kappa shape index (κ1) is 15.9. The lowest BCUT2D eigenvalue weighted by Crippen LogP contribution is -2.21. The van der Waals surface area contributed by atoms with E-state index in [2.05, 4.69) is 5.32 Å². The van der Waals surface area contributed by atoms with E-state index in [1.165, 1.54) is 0 Å². The van der Waals surface area contributed by atoms with Crippen LogP contribution in [0.25, 0.3) is 0 Å². The average Bonchev–Trinajstić information content (AvgIpc) is 3.18. The molecule has 2 aromatic rings. The highest BCUT2D eigenvalue weighted by molar-refractivity contribution is 6.02. The van der Waals surface area contributed by atoms with Crippen LogP contribution in [0.3, 0.4) is 0 Å². The molecule has 3 rings (SSSR count). The first-order chi connectivity index (χ1) is 11.5. The molecule has 0 unspecified atom stereocenters. The fourth-order valence-electron chi connectivity index (χ4n) is 2.62. The van der Waals surface area contributed by atoms with Crippen LogP contribution in [-0.2, 0) is 0 Å². The fraction of sp³-hybridized carbons (Fsp3) is 0.267. The highest BCUT2D eigenvalue weighted by Gasteiger charge is 2.22. The maximum Gasteiger partial charge on any atom is 0.433 e. The third kappa shape index (κ3) is 3.05. The Labute approximate surface area is 135 Å². The predicted octanol–water partition coefficient (Wildman–Crippen LogP) is 3.32. The van der Waals surface area contributed by atoms with Crippen LogP contribution < -0.4 is 10.2 Å². The van der Waals surface area contributed by atoms with Crippen LogP contribution in [0.2, 0.25) is 0 Å². The monoisotopic (exact) mass is 337 g/mol. The van der Waals surface area contributed by atoms with Crippen molar-refractivity contribution < 1.29 is 22.9 Å². The molecular weight excluding hydrogens is 324 g/mol. The molecule has 2 heterocycles. The van der Waals surface area contributed by atoms with E-state index in [1.807, 2.05) is 0 Å². The third-order valence-corrected chi connectivity index (χ3v) is 3.69. The molecule has 1 aromatic heterocycles. The van der Waals surface area contributed by atoms with Crippen LogP contribution in [-0.4, -0.2) is 23.9 Å². The number of hydrogen-bond acceptors (Lipinski definition) is 5. The Balaban J connectivity index is 1.79. The number of hydrogen-bond donors (Lipinski definition) is 1. The maximum atomic E-state index is 14.2. The molecular formula is C15H13F2N3O4. The quantitative estimate of drug-likeness (QED) is 0.683. The van der Waals surface area contributed by atoms with Crippen molar-refractivity contribution in [2.75, 3.05) is 23.3 Å².